The monoisotopic (exact) mass is 261 g/mol. The summed E-state index contributed by atoms with van der Waals surface area (Å²) in [7, 11) is 0. The molecule has 1 aliphatic heterocycles. The van der Waals surface area contributed by atoms with Gasteiger partial charge in [0, 0.05) is 18.2 Å². The number of rotatable bonds is 4. The highest BCUT2D eigenvalue weighted by atomic mass is 32.1. The van der Waals surface area contributed by atoms with E-state index in [1.807, 2.05) is 12.1 Å². The maximum Gasteiger partial charge on any atom is 0.231 e. The van der Waals surface area contributed by atoms with Crippen molar-refractivity contribution in [1.29, 1.82) is 0 Å². The molecule has 1 aromatic heterocycles. The van der Waals surface area contributed by atoms with E-state index in [9.17, 15) is 0 Å². The smallest absolute Gasteiger partial charge is 0.231 e. The third kappa shape index (κ3) is 2.21. The summed E-state index contributed by atoms with van der Waals surface area (Å²) in [6, 6.07) is 8.50. The van der Waals surface area contributed by atoms with Crippen LogP contribution in [0.3, 0.4) is 0 Å². The Morgan fingerprint density at radius 1 is 1.33 bits per heavy atom. The van der Waals surface area contributed by atoms with E-state index in [1.165, 1.54) is 5.56 Å². The van der Waals surface area contributed by atoms with Crippen LogP contribution in [0.15, 0.2) is 35.0 Å². The van der Waals surface area contributed by atoms with E-state index < -0.39 is 0 Å². The quantitative estimate of drug-likeness (QED) is 0.915. The Labute approximate surface area is 110 Å². The van der Waals surface area contributed by atoms with Gasteiger partial charge in [0.15, 0.2) is 11.5 Å². The predicted molar refractivity (Wildman–Crippen MR) is 72.1 cm³/mol. The van der Waals surface area contributed by atoms with Crippen LogP contribution >= 0.6 is 11.3 Å². The first-order chi connectivity index (χ1) is 8.84. The number of thiophene rings is 1. The minimum Gasteiger partial charge on any atom is -0.454 e. The highest BCUT2D eigenvalue weighted by Crippen LogP contribution is 2.35. The Morgan fingerprint density at radius 2 is 2.28 bits per heavy atom. The largest absolute Gasteiger partial charge is 0.454 e. The normalized spacial score (nSPS) is 14.7. The molecule has 2 aromatic rings. The highest BCUT2D eigenvalue weighted by molar-refractivity contribution is 7.07. The van der Waals surface area contributed by atoms with Crippen LogP contribution in [0.25, 0.3) is 0 Å². The molecule has 0 fully saturated rings. The van der Waals surface area contributed by atoms with Crippen molar-refractivity contribution >= 4 is 11.3 Å². The predicted octanol–water partition coefficient (Wildman–Crippen LogP) is 3.33. The number of ether oxygens (including phenoxy) is 2. The van der Waals surface area contributed by atoms with E-state index in [2.05, 4.69) is 35.1 Å². The molecule has 3 rings (SSSR count). The lowest BCUT2D eigenvalue weighted by atomic mass is 10.1. The molecule has 0 saturated heterocycles. The third-order valence-corrected chi connectivity index (χ3v) is 3.82. The first-order valence-corrected chi connectivity index (χ1v) is 6.92. The average molecular weight is 261 g/mol. The molecule has 1 N–H and O–H groups in total. The van der Waals surface area contributed by atoms with E-state index in [-0.39, 0.29) is 0 Å². The second-order valence-corrected chi connectivity index (χ2v) is 5.09. The Morgan fingerprint density at radius 3 is 3.11 bits per heavy atom. The van der Waals surface area contributed by atoms with Crippen molar-refractivity contribution in [3.8, 4) is 11.5 Å². The minimum atomic E-state index is 0.326. The summed E-state index contributed by atoms with van der Waals surface area (Å²) in [4.78, 5) is 0. The van der Waals surface area contributed by atoms with Gasteiger partial charge in [0.1, 0.15) is 0 Å². The fraction of sp³-hybridized carbons (Fsp3) is 0.286. The molecular formula is C14H15NO2S. The van der Waals surface area contributed by atoms with Gasteiger partial charge in [-0.3, -0.25) is 0 Å². The molecule has 0 radical (unpaired) electrons. The topological polar surface area (TPSA) is 30.5 Å². The number of hydrogen-bond donors (Lipinski definition) is 1. The first kappa shape index (κ1) is 11.6. The van der Waals surface area contributed by atoms with Gasteiger partial charge >= 0.3 is 0 Å². The van der Waals surface area contributed by atoms with Crippen molar-refractivity contribution in [2.45, 2.75) is 19.5 Å². The number of para-hydroxylation sites is 1. The fourth-order valence-corrected chi connectivity index (χ4v) is 2.79. The molecular weight excluding hydrogens is 246 g/mol. The molecule has 4 heteroatoms. The molecule has 1 unspecified atom stereocenters. The molecule has 0 amide bonds. The van der Waals surface area contributed by atoms with Crippen molar-refractivity contribution in [1.82, 2.24) is 5.32 Å². The molecule has 0 saturated carbocycles. The summed E-state index contributed by atoms with van der Waals surface area (Å²) in [6.45, 7) is 3.28. The van der Waals surface area contributed by atoms with Gasteiger partial charge in [-0.15, -0.1) is 0 Å². The Bertz CT molecular complexity index is 525. The molecule has 3 nitrogen and oxygen atoms in total. The molecule has 2 heterocycles. The molecule has 0 aliphatic carbocycles. The van der Waals surface area contributed by atoms with Crippen LogP contribution in [0.2, 0.25) is 0 Å². The van der Waals surface area contributed by atoms with Gasteiger partial charge in [-0.05, 0) is 35.4 Å². The number of benzene rings is 1. The zero-order valence-corrected chi connectivity index (χ0v) is 11.0. The fourth-order valence-electron chi connectivity index (χ4n) is 2.03. The van der Waals surface area contributed by atoms with Gasteiger partial charge in [0.05, 0.1) is 0 Å². The molecule has 0 bridgehead atoms. The van der Waals surface area contributed by atoms with Gasteiger partial charge in [0.2, 0.25) is 6.79 Å². The summed E-state index contributed by atoms with van der Waals surface area (Å²) in [5.74, 6) is 1.72. The first-order valence-electron chi connectivity index (χ1n) is 5.97. The van der Waals surface area contributed by atoms with E-state index in [0.717, 1.165) is 23.6 Å². The standard InChI is InChI=1S/C14H15NO2S/c1-10(12-5-6-18-8-12)15-7-11-3-2-4-13-14(11)17-9-16-13/h2-6,8,10,15H,7,9H2,1H3. The third-order valence-electron chi connectivity index (χ3n) is 3.12. The summed E-state index contributed by atoms with van der Waals surface area (Å²) >= 11 is 1.73. The van der Waals surface area contributed by atoms with Crippen molar-refractivity contribution in [3.63, 3.8) is 0 Å². The lowest BCUT2D eigenvalue weighted by molar-refractivity contribution is 0.173. The zero-order valence-electron chi connectivity index (χ0n) is 10.2. The van der Waals surface area contributed by atoms with Crippen LogP contribution in [0.1, 0.15) is 24.1 Å². The van der Waals surface area contributed by atoms with E-state index in [4.69, 9.17) is 9.47 Å². The van der Waals surface area contributed by atoms with Crippen molar-refractivity contribution in [3.05, 3.63) is 46.2 Å². The molecule has 1 aliphatic rings. The maximum atomic E-state index is 5.49. The van der Waals surface area contributed by atoms with Crippen molar-refractivity contribution in [2.24, 2.45) is 0 Å². The summed E-state index contributed by atoms with van der Waals surface area (Å²) in [6.07, 6.45) is 0. The Kier molecular flexibility index (Phi) is 3.21. The Balaban J connectivity index is 1.69. The number of fused-ring (bicyclic) bond motifs is 1. The lowest BCUT2D eigenvalue weighted by Gasteiger charge is -2.13. The Hall–Kier alpha value is -1.52. The molecule has 94 valence electrons. The maximum absolute atomic E-state index is 5.49. The second-order valence-electron chi connectivity index (χ2n) is 4.31. The molecule has 1 atom stereocenters. The van der Waals surface area contributed by atoms with Gasteiger partial charge < -0.3 is 14.8 Å². The van der Waals surface area contributed by atoms with E-state index >= 15 is 0 Å². The zero-order chi connectivity index (χ0) is 12.4. The van der Waals surface area contributed by atoms with Crippen LogP contribution in [0, 0.1) is 0 Å². The van der Waals surface area contributed by atoms with Crippen molar-refractivity contribution in [2.75, 3.05) is 6.79 Å². The summed E-state index contributed by atoms with van der Waals surface area (Å²) in [5.41, 5.74) is 2.47. The molecule has 0 spiro atoms. The van der Waals surface area contributed by atoms with E-state index in [0.29, 0.717) is 12.8 Å². The molecule has 18 heavy (non-hydrogen) atoms. The summed E-state index contributed by atoms with van der Waals surface area (Å²) < 4.78 is 10.9. The van der Waals surface area contributed by atoms with Crippen LogP contribution in [-0.2, 0) is 6.54 Å². The van der Waals surface area contributed by atoms with Crippen LogP contribution in [-0.4, -0.2) is 6.79 Å². The van der Waals surface area contributed by atoms with Crippen LogP contribution in [0.4, 0.5) is 0 Å². The van der Waals surface area contributed by atoms with Gasteiger partial charge in [-0.1, -0.05) is 12.1 Å². The van der Waals surface area contributed by atoms with E-state index in [1.54, 1.807) is 11.3 Å². The minimum absolute atomic E-state index is 0.326. The number of nitrogens with one attached hydrogen (secondary N) is 1. The van der Waals surface area contributed by atoms with Gasteiger partial charge in [-0.2, -0.15) is 11.3 Å². The summed E-state index contributed by atoms with van der Waals surface area (Å²) in [5, 5.41) is 7.78. The van der Waals surface area contributed by atoms with Gasteiger partial charge in [0.25, 0.3) is 0 Å². The second kappa shape index (κ2) is 5.00. The SMILES string of the molecule is CC(NCc1cccc2c1OCO2)c1ccsc1. The average Bonchev–Trinajstić information content (AvgIpc) is 3.05. The van der Waals surface area contributed by atoms with Crippen molar-refractivity contribution < 1.29 is 9.47 Å². The van der Waals surface area contributed by atoms with Crippen LogP contribution in [0.5, 0.6) is 11.5 Å². The number of hydrogen-bond acceptors (Lipinski definition) is 4. The van der Waals surface area contributed by atoms with Crippen LogP contribution < -0.4 is 14.8 Å². The van der Waals surface area contributed by atoms with Gasteiger partial charge in [-0.25, -0.2) is 0 Å². The highest BCUT2D eigenvalue weighted by Gasteiger charge is 2.17. The molecule has 1 aromatic carbocycles. The lowest BCUT2D eigenvalue weighted by Crippen LogP contribution is -2.17.